The Hall–Kier alpha value is -3.06. The summed E-state index contributed by atoms with van der Waals surface area (Å²) in [5, 5.41) is 6.63. The summed E-state index contributed by atoms with van der Waals surface area (Å²) in [5.41, 5.74) is 11.3. The van der Waals surface area contributed by atoms with Crippen molar-refractivity contribution < 1.29 is 0 Å². The molecule has 0 atom stereocenters. The normalized spacial score (nSPS) is 11.8. The number of halogens is 3. The van der Waals surface area contributed by atoms with E-state index in [4.69, 9.17) is 0 Å². The zero-order chi connectivity index (χ0) is 28.6. The van der Waals surface area contributed by atoms with Gasteiger partial charge in [0.05, 0.1) is 0 Å². The SMILES string of the molecule is BrCCn1ccc2c(-c3cc(-c4cccc5c4ccn5CCBr)cc(-c4cccc5c4ccn5CCBr)c3)cccc21. The largest absolute Gasteiger partial charge is 0.347 e. The zero-order valence-corrected chi connectivity index (χ0v) is 27.9. The van der Waals surface area contributed by atoms with Crippen LogP contribution in [0.4, 0.5) is 0 Å². The van der Waals surface area contributed by atoms with E-state index in [1.54, 1.807) is 0 Å². The summed E-state index contributed by atoms with van der Waals surface area (Å²) in [6.45, 7) is 2.83. The van der Waals surface area contributed by atoms with Gasteiger partial charge in [0, 0.05) is 86.9 Å². The van der Waals surface area contributed by atoms with E-state index in [1.807, 2.05) is 0 Å². The average Bonchev–Trinajstić information content (AvgIpc) is 3.75. The number of aryl methyl sites for hydroxylation is 3. The summed E-state index contributed by atoms with van der Waals surface area (Å²) < 4.78 is 7.00. The summed E-state index contributed by atoms with van der Waals surface area (Å²) in [5.74, 6) is 0. The number of alkyl halides is 3. The molecule has 42 heavy (non-hydrogen) atoms. The van der Waals surface area contributed by atoms with Crippen LogP contribution in [0.5, 0.6) is 0 Å². The number of nitrogens with zero attached hydrogens (tertiary/aromatic N) is 3. The molecule has 0 N–H and O–H groups in total. The third-order valence-electron chi connectivity index (χ3n) is 8.28. The van der Waals surface area contributed by atoms with Crippen molar-refractivity contribution in [3.63, 3.8) is 0 Å². The molecule has 0 aliphatic rings. The van der Waals surface area contributed by atoms with Crippen LogP contribution in [0.25, 0.3) is 66.1 Å². The molecule has 0 saturated heterocycles. The molecule has 0 radical (unpaired) electrons. The molecule has 3 nitrogen and oxygen atoms in total. The summed E-state index contributed by atoms with van der Waals surface area (Å²) in [6.07, 6.45) is 6.63. The highest BCUT2D eigenvalue weighted by molar-refractivity contribution is 9.09. The fourth-order valence-corrected chi connectivity index (χ4v) is 7.52. The standard InChI is InChI=1S/C36H30Br3N3/c37-13-19-40-16-10-31-28(4-1-7-34(31)40)25-22-26(29-5-2-8-35-32(29)11-17-41(35)20-14-38)24-27(23-25)30-6-3-9-36-33(30)12-18-42(36)21-15-39/h1-12,16-18,22-24H,13-15,19-21H2. The maximum absolute atomic E-state index is 3.62. The summed E-state index contributed by atoms with van der Waals surface area (Å²) >= 11 is 10.9. The van der Waals surface area contributed by atoms with E-state index in [-0.39, 0.29) is 0 Å². The van der Waals surface area contributed by atoms with Crippen LogP contribution in [0.1, 0.15) is 0 Å². The van der Waals surface area contributed by atoms with Gasteiger partial charge in [0.15, 0.2) is 0 Å². The molecule has 0 aliphatic carbocycles. The third-order valence-corrected chi connectivity index (χ3v) is 9.35. The Morgan fingerprint density at radius 3 is 1.00 bits per heavy atom. The van der Waals surface area contributed by atoms with Crippen molar-refractivity contribution in [2.45, 2.75) is 19.6 Å². The molecule has 0 aliphatic heterocycles. The number of fused-ring (bicyclic) bond motifs is 3. The first-order valence-electron chi connectivity index (χ1n) is 14.3. The molecule has 0 bridgehead atoms. The third kappa shape index (κ3) is 4.87. The van der Waals surface area contributed by atoms with E-state index in [9.17, 15) is 0 Å². The Labute approximate surface area is 271 Å². The van der Waals surface area contributed by atoms with Gasteiger partial charge in [-0.15, -0.1) is 0 Å². The van der Waals surface area contributed by atoms with E-state index in [2.05, 4.69) is 171 Å². The molecule has 3 aromatic heterocycles. The molecule has 0 saturated carbocycles. The first-order chi connectivity index (χ1) is 20.7. The first kappa shape index (κ1) is 27.8. The maximum Gasteiger partial charge on any atom is 0.0486 e. The van der Waals surface area contributed by atoms with Crippen molar-refractivity contribution in [2.75, 3.05) is 16.0 Å². The van der Waals surface area contributed by atoms with Gasteiger partial charge in [-0.25, -0.2) is 0 Å². The highest BCUT2D eigenvalue weighted by Crippen LogP contribution is 2.40. The number of benzene rings is 4. The minimum atomic E-state index is 0.929. The van der Waals surface area contributed by atoms with Gasteiger partial charge < -0.3 is 13.7 Å². The van der Waals surface area contributed by atoms with Crippen molar-refractivity contribution in [3.8, 4) is 33.4 Å². The van der Waals surface area contributed by atoms with Crippen molar-refractivity contribution in [1.82, 2.24) is 13.7 Å². The van der Waals surface area contributed by atoms with Crippen LogP contribution in [-0.4, -0.2) is 29.7 Å². The number of hydrogen-bond donors (Lipinski definition) is 0. The van der Waals surface area contributed by atoms with Crippen LogP contribution >= 0.6 is 47.8 Å². The van der Waals surface area contributed by atoms with E-state index >= 15 is 0 Å². The average molecular weight is 744 g/mol. The van der Waals surface area contributed by atoms with Crippen molar-refractivity contribution in [3.05, 3.63) is 110 Å². The minimum Gasteiger partial charge on any atom is -0.347 e. The lowest BCUT2D eigenvalue weighted by molar-refractivity contribution is 0.812. The lowest BCUT2D eigenvalue weighted by Gasteiger charge is -2.14. The Balaban J connectivity index is 1.48. The highest BCUT2D eigenvalue weighted by atomic mass is 79.9. The number of aromatic nitrogens is 3. The second kappa shape index (κ2) is 11.9. The molecule has 0 amide bonds. The molecule has 7 aromatic rings. The van der Waals surface area contributed by atoms with Crippen molar-refractivity contribution in [1.29, 1.82) is 0 Å². The van der Waals surface area contributed by atoms with Crippen LogP contribution in [-0.2, 0) is 19.6 Å². The van der Waals surface area contributed by atoms with Crippen LogP contribution in [0, 0.1) is 0 Å². The summed E-state index contributed by atoms with van der Waals surface area (Å²) in [6, 6.07) is 34.0. The molecular formula is C36H30Br3N3. The van der Waals surface area contributed by atoms with E-state index in [0.717, 1.165) is 35.6 Å². The first-order valence-corrected chi connectivity index (χ1v) is 17.6. The van der Waals surface area contributed by atoms with Gasteiger partial charge in [-0.3, -0.25) is 0 Å². The molecule has 0 spiro atoms. The summed E-state index contributed by atoms with van der Waals surface area (Å²) in [7, 11) is 0. The molecule has 4 aromatic carbocycles. The molecule has 210 valence electrons. The van der Waals surface area contributed by atoms with Gasteiger partial charge in [0.1, 0.15) is 0 Å². The number of hydrogen-bond acceptors (Lipinski definition) is 0. The Kier molecular flexibility index (Phi) is 7.87. The lowest BCUT2D eigenvalue weighted by atomic mass is 9.90. The number of rotatable bonds is 9. The summed E-state index contributed by atoms with van der Waals surface area (Å²) in [4.78, 5) is 0. The zero-order valence-electron chi connectivity index (χ0n) is 23.1. The van der Waals surface area contributed by atoms with E-state index < -0.39 is 0 Å². The van der Waals surface area contributed by atoms with Crippen molar-refractivity contribution in [2.24, 2.45) is 0 Å². The monoisotopic (exact) mass is 741 g/mol. The molecule has 7 rings (SSSR count). The molecular weight excluding hydrogens is 714 g/mol. The van der Waals surface area contributed by atoms with Gasteiger partial charge in [0.2, 0.25) is 0 Å². The quantitative estimate of drug-likeness (QED) is 0.131. The molecule has 3 heterocycles. The lowest BCUT2D eigenvalue weighted by Crippen LogP contribution is -1.96. The topological polar surface area (TPSA) is 14.8 Å². The Morgan fingerprint density at radius 1 is 0.405 bits per heavy atom. The second-order valence-electron chi connectivity index (χ2n) is 10.6. The second-order valence-corrected chi connectivity index (χ2v) is 13.0. The van der Waals surface area contributed by atoms with E-state index in [1.165, 1.54) is 66.1 Å². The fourth-order valence-electron chi connectivity index (χ4n) is 6.38. The van der Waals surface area contributed by atoms with E-state index in [0.29, 0.717) is 0 Å². The van der Waals surface area contributed by atoms with Crippen LogP contribution in [0.15, 0.2) is 110 Å². The van der Waals surface area contributed by atoms with Gasteiger partial charge in [-0.2, -0.15) is 0 Å². The molecule has 6 heteroatoms. The van der Waals surface area contributed by atoms with Crippen LogP contribution in [0.2, 0.25) is 0 Å². The van der Waals surface area contributed by atoms with Crippen LogP contribution in [0.3, 0.4) is 0 Å². The van der Waals surface area contributed by atoms with Gasteiger partial charge in [-0.05, 0) is 88.0 Å². The van der Waals surface area contributed by atoms with Crippen LogP contribution < -0.4 is 0 Å². The van der Waals surface area contributed by atoms with Gasteiger partial charge in [0.25, 0.3) is 0 Å². The predicted octanol–water partition coefficient (Wildman–Crippen LogP) is 10.7. The van der Waals surface area contributed by atoms with Gasteiger partial charge >= 0.3 is 0 Å². The Morgan fingerprint density at radius 2 is 0.714 bits per heavy atom. The Bertz CT molecular complexity index is 1800. The van der Waals surface area contributed by atoms with Gasteiger partial charge in [-0.1, -0.05) is 84.2 Å². The smallest absolute Gasteiger partial charge is 0.0486 e. The predicted molar refractivity (Wildman–Crippen MR) is 191 cm³/mol. The minimum absolute atomic E-state index is 0.929. The molecule has 0 unspecified atom stereocenters. The fraction of sp³-hybridized carbons (Fsp3) is 0.167. The molecule has 0 fully saturated rings. The van der Waals surface area contributed by atoms with Crippen molar-refractivity contribution >= 4 is 80.5 Å². The maximum atomic E-state index is 3.62. The highest BCUT2D eigenvalue weighted by Gasteiger charge is 2.15.